The number of ether oxygens (including phenoxy) is 1. The number of allylic oxidation sites excluding steroid dienone is 7. The van der Waals surface area contributed by atoms with Gasteiger partial charge in [0, 0.05) is 12.8 Å². The lowest BCUT2D eigenvalue weighted by atomic mass is 10.1. The maximum Gasteiger partial charge on any atom is 0.306 e. The van der Waals surface area contributed by atoms with Crippen molar-refractivity contribution in [3.05, 3.63) is 48.6 Å². The van der Waals surface area contributed by atoms with Crippen LogP contribution in [0.25, 0.3) is 0 Å². The highest BCUT2D eigenvalue weighted by Crippen LogP contribution is 2.14. The van der Waals surface area contributed by atoms with Gasteiger partial charge in [-0.1, -0.05) is 127 Å². The Hall–Kier alpha value is -2.10. The highest BCUT2D eigenvalue weighted by atomic mass is 16.5. The second-order valence-corrected chi connectivity index (χ2v) is 11.3. The van der Waals surface area contributed by atoms with E-state index in [0.29, 0.717) is 12.8 Å². The van der Waals surface area contributed by atoms with E-state index < -0.39 is 5.97 Å². The summed E-state index contributed by atoms with van der Waals surface area (Å²) in [7, 11) is 0. The van der Waals surface area contributed by atoms with E-state index in [4.69, 9.17) is 9.84 Å². The van der Waals surface area contributed by atoms with Crippen molar-refractivity contribution in [2.24, 2.45) is 0 Å². The van der Waals surface area contributed by atoms with Gasteiger partial charge in [-0.05, 0) is 76.7 Å². The predicted octanol–water partition coefficient (Wildman–Crippen LogP) is 11.6. The normalized spacial score (nSPS) is 12.8. The first-order chi connectivity index (χ1) is 20.1. The second kappa shape index (κ2) is 32.4. The van der Waals surface area contributed by atoms with Crippen molar-refractivity contribution >= 4 is 11.9 Å². The zero-order valence-electron chi connectivity index (χ0n) is 26.8. The molecular weight excluding hydrogens is 508 g/mol. The fraction of sp³-hybridized carbons (Fsp3) is 0.730. The SMILES string of the molecule is CC/C=C\C/C=C\C/C=C\C(CCCCCCC(=O)O)OC(=O)CCCCCCC/C=C\CCCCCCCCC. The largest absolute Gasteiger partial charge is 0.481 e. The van der Waals surface area contributed by atoms with Gasteiger partial charge in [-0.15, -0.1) is 0 Å². The Morgan fingerprint density at radius 1 is 0.585 bits per heavy atom. The van der Waals surface area contributed by atoms with Crippen LogP contribution in [0.2, 0.25) is 0 Å². The molecule has 236 valence electrons. The van der Waals surface area contributed by atoms with Crippen LogP contribution >= 0.6 is 0 Å². The summed E-state index contributed by atoms with van der Waals surface area (Å²) in [6.07, 6.45) is 42.8. The third kappa shape index (κ3) is 32.3. The first-order valence-corrected chi connectivity index (χ1v) is 17.1. The first kappa shape index (κ1) is 38.9. The Bertz CT molecular complexity index is 704. The standard InChI is InChI=1S/C37H64O4/c1-3-5-7-9-11-13-14-15-16-17-18-19-20-22-24-30-34-37(40)41-35(32-28-25-26-29-33-36(38)39)31-27-23-21-12-10-8-6-4-2/h6,8,12,16-17,21,27,31,35H,3-5,7,9-11,13-15,18-20,22-26,28-30,32-34H2,1-2H3,(H,38,39)/b8-6-,17-16-,21-12-,31-27-. The van der Waals surface area contributed by atoms with Crippen LogP contribution < -0.4 is 0 Å². The van der Waals surface area contributed by atoms with Gasteiger partial charge in [-0.25, -0.2) is 0 Å². The third-order valence-electron chi connectivity index (χ3n) is 7.27. The first-order valence-electron chi connectivity index (χ1n) is 17.1. The summed E-state index contributed by atoms with van der Waals surface area (Å²) in [4.78, 5) is 23.2. The lowest BCUT2D eigenvalue weighted by Crippen LogP contribution is -2.16. The lowest BCUT2D eigenvalue weighted by molar-refractivity contribution is -0.147. The fourth-order valence-corrected chi connectivity index (χ4v) is 4.76. The van der Waals surface area contributed by atoms with E-state index in [1.807, 2.05) is 6.08 Å². The van der Waals surface area contributed by atoms with Gasteiger partial charge in [0.2, 0.25) is 0 Å². The minimum atomic E-state index is -0.732. The molecule has 4 heteroatoms. The van der Waals surface area contributed by atoms with Crippen molar-refractivity contribution < 1.29 is 19.4 Å². The highest BCUT2D eigenvalue weighted by molar-refractivity contribution is 5.69. The quantitative estimate of drug-likeness (QED) is 0.0528. The molecule has 0 spiro atoms. The Kier molecular flexibility index (Phi) is 30.8. The summed E-state index contributed by atoms with van der Waals surface area (Å²) >= 11 is 0. The van der Waals surface area contributed by atoms with Crippen LogP contribution in [-0.4, -0.2) is 23.1 Å². The Morgan fingerprint density at radius 2 is 1.10 bits per heavy atom. The minimum absolute atomic E-state index is 0.0981. The number of hydrogen-bond donors (Lipinski definition) is 1. The lowest BCUT2D eigenvalue weighted by Gasteiger charge is -2.14. The van der Waals surface area contributed by atoms with Crippen LogP contribution in [0, 0.1) is 0 Å². The van der Waals surface area contributed by atoms with Gasteiger partial charge < -0.3 is 9.84 Å². The van der Waals surface area contributed by atoms with E-state index in [9.17, 15) is 9.59 Å². The van der Waals surface area contributed by atoms with Gasteiger partial charge in [0.25, 0.3) is 0 Å². The molecule has 41 heavy (non-hydrogen) atoms. The number of carbonyl (C=O) groups is 2. The van der Waals surface area contributed by atoms with Crippen LogP contribution in [0.15, 0.2) is 48.6 Å². The second-order valence-electron chi connectivity index (χ2n) is 11.3. The number of carboxylic acid groups (broad SMARTS) is 1. The number of unbranched alkanes of at least 4 members (excludes halogenated alkanes) is 15. The van der Waals surface area contributed by atoms with Crippen LogP contribution in [-0.2, 0) is 14.3 Å². The topological polar surface area (TPSA) is 63.6 Å². The number of rotatable bonds is 30. The molecule has 0 aliphatic heterocycles. The molecule has 1 atom stereocenters. The van der Waals surface area contributed by atoms with Gasteiger partial charge in [-0.3, -0.25) is 9.59 Å². The molecule has 0 fully saturated rings. The fourth-order valence-electron chi connectivity index (χ4n) is 4.76. The number of carboxylic acids is 1. The molecule has 0 radical (unpaired) electrons. The van der Waals surface area contributed by atoms with Crippen LogP contribution in [0.5, 0.6) is 0 Å². The third-order valence-corrected chi connectivity index (χ3v) is 7.27. The van der Waals surface area contributed by atoms with E-state index in [0.717, 1.165) is 57.8 Å². The van der Waals surface area contributed by atoms with Gasteiger partial charge in [0.05, 0.1) is 0 Å². The molecule has 1 N–H and O–H groups in total. The van der Waals surface area contributed by atoms with Crippen LogP contribution in [0.3, 0.4) is 0 Å². The van der Waals surface area contributed by atoms with Gasteiger partial charge in [0.15, 0.2) is 0 Å². The Balaban J connectivity index is 4.06. The number of hydrogen-bond acceptors (Lipinski definition) is 3. The molecule has 0 saturated carbocycles. The predicted molar refractivity (Wildman–Crippen MR) is 176 cm³/mol. The molecule has 0 saturated heterocycles. The number of carbonyl (C=O) groups excluding carboxylic acids is 1. The molecule has 0 rings (SSSR count). The summed E-state index contributed by atoms with van der Waals surface area (Å²) in [6, 6.07) is 0. The van der Waals surface area contributed by atoms with Crippen molar-refractivity contribution in [2.45, 2.75) is 174 Å². The molecule has 0 aromatic carbocycles. The highest BCUT2D eigenvalue weighted by Gasteiger charge is 2.11. The Morgan fingerprint density at radius 3 is 1.71 bits per heavy atom. The van der Waals surface area contributed by atoms with E-state index in [1.54, 1.807) is 0 Å². The van der Waals surface area contributed by atoms with Crippen LogP contribution in [0.4, 0.5) is 0 Å². The van der Waals surface area contributed by atoms with Gasteiger partial charge >= 0.3 is 11.9 Å². The molecule has 1 unspecified atom stereocenters. The molecule has 0 aromatic heterocycles. The zero-order chi connectivity index (χ0) is 30.1. The summed E-state index contributed by atoms with van der Waals surface area (Å²) in [5, 5.41) is 8.79. The minimum Gasteiger partial charge on any atom is -0.481 e. The maximum absolute atomic E-state index is 12.5. The van der Waals surface area contributed by atoms with Crippen molar-refractivity contribution in [1.82, 2.24) is 0 Å². The monoisotopic (exact) mass is 572 g/mol. The number of esters is 1. The van der Waals surface area contributed by atoms with Crippen molar-refractivity contribution in [1.29, 1.82) is 0 Å². The molecule has 0 aliphatic carbocycles. The van der Waals surface area contributed by atoms with E-state index >= 15 is 0 Å². The van der Waals surface area contributed by atoms with Crippen LogP contribution in [0.1, 0.15) is 168 Å². The summed E-state index contributed by atoms with van der Waals surface area (Å²) in [5.74, 6) is -0.831. The molecule has 0 aliphatic rings. The molecular formula is C37H64O4. The van der Waals surface area contributed by atoms with E-state index in [2.05, 4.69) is 56.4 Å². The Labute approximate surface area is 253 Å². The molecule has 0 amide bonds. The molecule has 0 aromatic rings. The number of aliphatic carboxylic acids is 1. The van der Waals surface area contributed by atoms with Gasteiger partial charge in [-0.2, -0.15) is 0 Å². The zero-order valence-corrected chi connectivity index (χ0v) is 26.8. The van der Waals surface area contributed by atoms with Crippen molar-refractivity contribution in [3.63, 3.8) is 0 Å². The smallest absolute Gasteiger partial charge is 0.306 e. The summed E-state index contributed by atoms with van der Waals surface area (Å²) < 4.78 is 5.81. The average molecular weight is 573 g/mol. The summed E-state index contributed by atoms with van der Waals surface area (Å²) in [6.45, 7) is 4.40. The van der Waals surface area contributed by atoms with E-state index in [-0.39, 0.29) is 18.5 Å². The molecule has 0 bridgehead atoms. The maximum atomic E-state index is 12.5. The molecule has 4 nitrogen and oxygen atoms in total. The average Bonchev–Trinajstić information content (AvgIpc) is 2.95. The van der Waals surface area contributed by atoms with Gasteiger partial charge in [0.1, 0.15) is 6.10 Å². The molecule has 0 heterocycles. The van der Waals surface area contributed by atoms with E-state index in [1.165, 1.54) is 77.0 Å². The van der Waals surface area contributed by atoms with Crippen molar-refractivity contribution in [3.8, 4) is 0 Å². The van der Waals surface area contributed by atoms with Crippen molar-refractivity contribution in [2.75, 3.05) is 0 Å². The summed E-state index contributed by atoms with van der Waals surface area (Å²) in [5.41, 5.74) is 0.